The van der Waals surface area contributed by atoms with Gasteiger partial charge in [0.2, 0.25) is 0 Å². The van der Waals surface area contributed by atoms with Crippen molar-refractivity contribution in [2.75, 3.05) is 18.4 Å². The van der Waals surface area contributed by atoms with Gasteiger partial charge in [-0.3, -0.25) is 9.69 Å². The maximum absolute atomic E-state index is 12.6. The summed E-state index contributed by atoms with van der Waals surface area (Å²) in [5.41, 5.74) is 3.74. The largest absolute Gasteiger partial charge is 0.362 e. The van der Waals surface area contributed by atoms with Crippen LogP contribution in [0.15, 0.2) is 42.5 Å². The number of nitrogens with one attached hydrogen (secondary N) is 2. The van der Waals surface area contributed by atoms with Crippen molar-refractivity contribution >= 4 is 23.2 Å². The molecule has 0 atom stereocenters. The van der Waals surface area contributed by atoms with E-state index in [0.29, 0.717) is 16.5 Å². The second-order valence-corrected chi connectivity index (χ2v) is 8.40. The SMILES string of the molecule is CC(C)c1ccc(CN2CCC3(CC2)NC(=O)c2c(Cl)cccc2N3)cc1. The fraction of sp³-hybridized carbons (Fsp3) is 0.409. The smallest absolute Gasteiger partial charge is 0.256 e. The average Bonchev–Trinajstić information content (AvgIpc) is 2.64. The molecule has 1 saturated heterocycles. The summed E-state index contributed by atoms with van der Waals surface area (Å²) in [5, 5.41) is 7.21. The summed E-state index contributed by atoms with van der Waals surface area (Å²) in [6.45, 7) is 7.26. The lowest BCUT2D eigenvalue weighted by atomic mass is 9.92. The molecule has 0 bridgehead atoms. The fourth-order valence-electron chi connectivity index (χ4n) is 4.04. The van der Waals surface area contributed by atoms with Gasteiger partial charge in [-0.2, -0.15) is 0 Å². The number of benzene rings is 2. The number of rotatable bonds is 3. The number of halogens is 1. The fourth-order valence-corrected chi connectivity index (χ4v) is 4.30. The van der Waals surface area contributed by atoms with E-state index in [1.54, 1.807) is 6.07 Å². The Morgan fingerprint density at radius 2 is 1.78 bits per heavy atom. The van der Waals surface area contributed by atoms with Gasteiger partial charge in [0.1, 0.15) is 5.66 Å². The van der Waals surface area contributed by atoms with E-state index in [9.17, 15) is 4.79 Å². The van der Waals surface area contributed by atoms with Crippen molar-refractivity contribution in [2.24, 2.45) is 0 Å². The van der Waals surface area contributed by atoms with Crippen LogP contribution in [0.1, 0.15) is 54.1 Å². The van der Waals surface area contributed by atoms with E-state index in [1.807, 2.05) is 12.1 Å². The van der Waals surface area contributed by atoms with Gasteiger partial charge in [0.25, 0.3) is 5.91 Å². The Bertz CT molecular complexity index is 839. The van der Waals surface area contributed by atoms with Crippen LogP contribution in [0.25, 0.3) is 0 Å². The molecule has 2 N–H and O–H groups in total. The van der Waals surface area contributed by atoms with Crippen LogP contribution < -0.4 is 10.6 Å². The number of hydrogen-bond acceptors (Lipinski definition) is 3. The third kappa shape index (κ3) is 3.69. The van der Waals surface area contributed by atoms with Crippen LogP contribution in [-0.2, 0) is 6.54 Å². The Labute approximate surface area is 165 Å². The molecule has 0 unspecified atom stereocenters. The monoisotopic (exact) mass is 383 g/mol. The van der Waals surface area contributed by atoms with Crippen molar-refractivity contribution in [1.82, 2.24) is 10.2 Å². The first-order valence-electron chi connectivity index (χ1n) is 9.66. The average molecular weight is 384 g/mol. The summed E-state index contributed by atoms with van der Waals surface area (Å²) in [5.74, 6) is 0.485. The maximum atomic E-state index is 12.6. The minimum absolute atomic E-state index is 0.0768. The van der Waals surface area contributed by atoms with Gasteiger partial charge in [0.15, 0.2) is 0 Å². The highest BCUT2D eigenvalue weighted by atomic mass is 35.5. The van der Waals surface area contributed by atoms with Crippen LogP contribution in [-0.4, -0.2) is 29.6 Å². The van der Waals surface area contributed by atoms with Crippen molar-refractivity contribution in [2.45, 2.75) is 44.8 Å². The topological polar surface area (TPSA) is 44.4 Å². The highest BCUT2D eigenvalue weighted by Gasteiger charge is 2.40. The number of nitrogens with zero attached hydrogens (tertiary/aromatic N) is 1. The van der Waals surface area contributed by atoms with Crippen LogP contribution in [0.5, 0.6) is 0 Å². The van der Waals surface area contributed by atoms with E-state index in [4.69, 9.17) is 11.6 Å². The summed E-state index contributed by atoms with van der Waals surface area (Å²) >= 11 is 6.20. The van der Waals surface area contributed by atoms with Gasteiger partial charge in [-0.05, 0) is 29.2 Å². The van der Waals surface area contributed by atoms with Gasteiger partial charge >= 0.3 is 0 Å². The molecular formula is C22H26ClN3O. The Morgan fingerprint density at radius 3 is 2.44 bits per heavy atom. The lowest BCUT2D eigenvalue weighted by Gasteiger charge is -2.46. The first-order valence-corrected chi connectivity index (χ1v) is 10.0. The van der Waals surface area contributed by atoms with E-state index < -0.39 is 0 Å². The zero-order valence-electron chi connectivity index (χ0n) is 15.9. The molecule has 4 rings (SSSR count). The summed E-state index contributed by atoms with van der Waals surface area (Å²) in [6, 6.07) is 14.5. The van der Waals surface area contributed by atoms with Crippen LogP contribution >= 0.6 is 11.6 Å². The van der Waals surface area contributed by atoms with Crippen molar-refractivity contribution in [3.63, 3.8) is 0 Å². The number of fused-ring (bicyclic) bond motifs is 1. The Balaban J connectivity index is 1.41. The van der Waals surface area contributed by atoms with Crippen LogP contribution in [0, 0.1) is 0 Å². The lowest BCUT2D eigenvalue weighted by Crippen LogP contribution is -2.62. The van der Waals surface area contributed by atoms with Gasteiger partial charge in [-0.1, -0.05) is 55.8 Å². The molecular weight excluding hydrogens is 358 g/mol. The Hall–Kier alpha value is -2.04. The number of anilines is 1. The maximum Gasteiger partial charge on any atom is 0.256 e. The highest BCUT2D eigenvalue weighted by Crippen LogP contribution is 2.34. The zero-order chi connectivity index (χ0) is 19.0. The predicted molar refractivity (Wildman–Crippen MR) is 110 cm³/mol. The minimum atomic E-state index is -0.368. The molecule has 4 nitrogen and oxygen atoms in total. The van der Waals surface area contributed by atoms with Gasteiger partial charge in [-0.15, -0.1) is 0 Å². The molecule has 0 radical (unpaired) electrons. The first-order chi connectivity index (χ1) is 13.0. The second-order valence-electron chi connectivity index (χ2n) is 8.00. The lowest BCUT2D eigenvalue weighted by molar-refractivity contribution is 0.0822. The van der Waals surface area contributed by atoms with Gasteiger partial charge in [0.05, 0.1) is 16.3 Å². The summed E-state index contributed by atoms with van der Waals surface area (Å²) in [4.78, 5) is 15.0. The molecule has 0 aromatic heterocycles. The van der Waals surface area contributed by atoms with Crippen LogP contribution in [0.4, 0.5) is 5.69 Å². The predicted octanol–water partition coefficient (Wildman–Crippen LogP) is 4.61. The van der Waals surface area contributed by atoms with E-state index in [-0.39, 0.29) is 11.6 Å². The minimum Gasteiger partial charge on any atom is -0.362 e. The quantitative estimate of drug-likeness (QED) is 0.813. The molecule has 0 aliphatic carbocycles. The van der Waals surface area contributed by atoms with E-state index in [0.717, 1.165) is 38.2 Å². The molecule has 1 spiro atoms. The second kappa shape index (κ2) is 7.17. The van der Waals surface area contributed by atoms with Gasteiger partial charge < -0.3 is 10.6 Å². The number of carbonyl (C=O) groups excluding carboxylic acids is 1. The van der Waals surface area contributed by atoms with Crippen LogP contribution in [0.2, 0.25) is 5.02 Å². The number of amides is 1. The number of hydrogen-bond donors (Lipinski definition) is 2. The number of carbonyl (C=O) groups is 1. The van der Waals surface area contributed by atoms with Crippen molar-refractivity contribution in [1.29, 1.82) is 0 Å². The first kappa shape index (κ1) is 18.3. The third-order valence-corrected chi connectivity index (χ3v) is 6.04. The molecule has 142 valence electrons. The molecule has 27 heavy (non-hydrogen) atoms. The standard InChI is InChI=1S/C22H26ClN3O/c1-15(2)17-8-6-16(7-9-17)14-26-12-10-22(11-13-26)24-19-5-3-4-18(23)20(19)21(27)25-22/h3-9,15,24H,10-14H2,1-2H3,(H,25,27). The Kier molecular flexibility index (Phi) is 4.87. The number of piperidine rings is 1. The molecule has 2 aromatic carbocycles. The third-order valence-electron chi connectivity index (χ3n) is 5.73. The normalized spacial score (nSPS) is 18.9. The highest BCUT2D eigenvalue weighted by molar-refractivity contribution is 6.34. The molecule has 2 aliphatic rings. The van der Waals surface area contributed by atoms with Crippen molar-refractivity contribution in [3.8, 4) is 0 Å². The zero-order valence-corrected chi connectivity index (χ0v) is 16.6. The molecule has 2 heterocycles. The summed E-state index contributed by atoms with van der Waals surface area (Å²) in [7, 11) is 0. The number of likely N-dealkylation sites (tertiary alicyclic amines) is 1. The van der Waals surface area contributed by atoms with Gasteiger partial charge in [-0.25, -0.2) is 0 Å². The Morgan fingerprint density at radius 1 is 1.07 bits per heavy atom. The molecule has 2 aromatic rings. The molecule has 2 aliphatic heterocycles. The van der Waals surface area contributed by atoms with E-state index in [2.05, 4.69) is 53.6 Å². The van der Waals surface area contributed by atoms with Crippen molar-refractivity contribution in [3.05, 3.63) is 64.2 Å². The van der Waals surface area contributed by atoms with Crippen LogP contribution in [0.3, 0.4) is 0 Å². The van der Waals surface area contributed by atoms with E-state index >= 15 is 0 Å². The molecule has 1 amide bonds. The van der Waals surface area contributed by atoms with E-state index in [1.165, 1.54) is 11.1 Å². The molecule has 5 heteroatoms. The van der Waals surface area contributed by atoms with Gasteiger partial charge in [0, 0.05) is 32.5 Å². The van der Waals surface area contributed by atoms with Crippen molar-refractivity contribution < 1.29 is 4.79 Å². The molecule has 0 saturated carbocycles. The summed E-state index contributed by atoms with van der Waals surface area (Å²) in [6.07, 6.45) is 1.74. The summed E-state index contributed by atoms with van der Waals surface area (Å²) < 4.78 is 0. The molecule has 1 fully saturated rings.